The fraction of sp³-hybridized carbons (Fsp3) is 0.308. The maximum absolute atomic E-state index is 14.2. The van der Waals surface area contributed by atoms with Crippen LogP contribution in [0.2, 0.25) is 0 Å². The van der Waals surface area contributed by atoms with Gasteiger partial charge in [-0.2, -0.15) is 0 Å². The molecule has 0 aliphatic carbocycles. The molecule has 170 valence electrons. The number of aryl methyl sites for hydroxylation is 2. The van der Waals surface area contributed by atoms with Gasteiger partial charge >= 0.3 is 0 Å². The van der Waals surface area contributed by atoms with E-state index < -0.39 is 0 Å². The van der Waals surface area contributed by atoms with Crippen molar-refractivity contribution in [3.05, 3.63) is 87.2 Å². The average molecular weight is 447 g/mol. The van der Waals surface area contributed by atoms with E-state index in [2.05, 4.69) is 16.0 Å². The molecular weight excluding hydrogens is 419 g/mol. The largest absolute Gasteiger partial charge is 0.489 e. The van der Waals surface area contributed by atoms with Crippen LogP contribution in [-0.2, 0) is 32.9 Å². The number of ether oxygens (including phenoxy) is 1. The van der Waals surface area contributed by atoms with Crippen LogP contribution in [0.5, 0.6) is 5.75 Å². The minimum Gasteiger partial charge on any atom is -0.489 e. The van der Waals surface area contributed by atoms with Crippen molar-refractivity contribution >= 4 is 11.0 Å². The molecule has 7 heteroatoms. The molecular formula is C26H27FN4O2. The molecule has 0 saturated heterocycles. The van der Waals surface area contributed by atoms with Crippen LogP contribution in [0.15, 0.2) is 53.5 Å². The third kappa shape index (κ3) is 4.04. The number of fused-ring (bicyclic) bond motifs is 3. The number of nitrogens with zero attached hydrogens (tertiary/aromatic N) is 3. The molecule has 0 amide bonds. The number of benzene rings is 1. The van der Waals surface area contributed by atoms with Crippen LogP contribution in [0, 0.1) is 5.82 Å². The lowest BCUT2D eigenvalue weighted by atomic mass is 10.1. The number of nitrogens with one attached hydrogen (secondary N) is 1. The van der Waals surface area contributed by atoms with Gasteiger partial charge in [0.05, 0.1) is 0 Å². The predicted octanol–water partition coefficient (Wildman–Crippen LogP) is 3.69. The monoisotopic (exact) mass is 446 g/mol. The van der Waals surface area contributed by atoms with Gasteiger partial charge in [-0.25, -0.2) is 9.37 Å². The van der Waals surface area contributed by atoms with Crippen molar-refractivity contribution in [2.45, 2.75) is 32.8 Å². The summed E-state index contributed by atoms with van der Waals surface area (Å²) in [6.07, 6.45) is 4.37. The summed E-state index contributed by atoms with van der Waals surface area (Å²) in [5, 5.41) is 4.58. The molecule has 0 radical (unpaired) electrons. The molecule has 1 aromatic carbocycles. The van der Waals surface area contributed by atoms with Gasteiger partial charge in [0, 0.05) is 48.9 Å². The second-order valence-electron chi connectivity index (χ2n) is 8.41. The highest BCUT2D eigenvalue weighted by Crippen LogP contribution is 2.27. The Morgan fingerprint density at radius 3 is 2.76 bits per heavy atom. The highest BCUT2D eigenvalue weighted by molar-refractivity contribution is 5.83. The van der Waals surface area contributed by atoms with Crippen molar-refractivity contribution in [1.29, 1.82) is 0 Å². The van der Waals surface area contributed by atoms with Crippen molar-refractivity contribution in [3.63, 3.8) is 0 Å². The van der Waals surface area contributed by atoms with Gasteiger partial charge in [0.25, 0.3) is 5.56 Å². The van der Waals surface area contributed by atoms with E-state index in [-0.39, 0.29) is 18.0 Å². The molecule has 0 saturated carbocycles. The Morgan fingerprint density at radius 2 is 1.97 bits per heavy atom. The quantitative estimate of drug-likeness (QED) is 0.508. The van der Waals surface area contributed by atoms with Crippen LogP contribution in [0.1, 0.15) is 29.3 Å². The van der Waals surface area contributed by atoms with Crippen LogP contribution in [-0.4, -0.2) is 27.2 Å². The fourth-order valence-corrected chi connectivity index (χ4v) is 4.52. The molecule has 4 aromatic rings. The molecule has 1 N–H and O–H groups in total. The van der Waals surface area contributed by atoms with E-state index in [0.29, 0.717) is 17.1 Å². The number of halogens is 1. The lowest BCUT2D eigenvalue weighted by Gasteiger charge is -2.10. The normalized spacial score (nSPS) is 13.7. The van der Waals surface area contributed by atoms with Crippen molar-refractivity contribution in [2.75, 3.05) is 13.1 Å². The molecule has 0 atom stereocenters. The molecule has 1 aliphatic rings. The minimum absolute atomic E-state index is 0.0627. The maximum Gasteiger partial charge on any atom is 0.259 e. The van der Waals surface area contributed by atoms with Crippen LogP contribution in [0.4, 0.5) is 4.39 Å². The number of pyridine rings is 2. The molecule has 5 rings (SSSR count). The van der Waals surface area contributed by atoms with E-state index in [0.717, 1.165) is 48.9 Å². The molecule has 1 aliphatic heterocycles. The third-order valence-corrected chi connectivity index (χ3v) is 6.40. The average Bonchev–Trinajstić information content (AvgIpc) is 2.97. The molecule has 33 heavy (non-hydrogen) atoms. The van der Waals surface area contributed by atoms with Crippen LogP contribution in [0.3, 0.4) is 0 Å². The van der Waals surface area contributed by atoms with Gasteiger partial charge in [0.1, 0.15) is 29.6 Å². The topological polar surface area (TPSA) is 61.1 Å². The first-order chi connectivity index (χ1) is 16.0. The number of hydrogen-bond donors (Lipinski definition) is 1. The second kappa shape index (κ2) is 8.83. The lowest BCUT2D eigenvalue weighted by Crippen LogP contribution is -2.18. The molecule has 3 aromatic heterocycles. The number of rotatable bonds is 5. The van der Waals surface area contributed by atoms with Gasteiger partial charge in [0.15, 0.2) is 0 Å². The third-order valence-electron chi connectivity index (χ3n) is 6.40. The smallest absolute Gasteiger partial charge is 0.259 e. The van der Waals surface area contributed by atoms with Gasteiger partial charge in [-0.15, -0.1) is 0 Å². The molecule has 0 bridgehead atoms. The molecule has 6 nitrogen and oxygen atoms in total. The zero-order valence-electron chi connectivity index (χ0n) is 18.9. The Morgan fingerprint density at radius 1 is 1.12 bits per heavy atom. The first-order valence-electron chi connectivity index (χ1n) is 11.4. The summed E-state index contributed by atoms with van der Waals surface area (Å²) in [6, 6.07) is 12.2. The Labute approximate surface area is 191 Å². The zero-order chi connectivity index (χ0) is 22.9. The highest BCUT2D eigenvalue weighted by Gasteiger charge is 2.18. The summed E-state index contributed by atoms with van der Waals surface area (Å²) >= 11 is 0. The summed E-state index contributed by atoms with van der Waals surface area (Å²) in [5.74, 6) is 0.667. The standard InChI is InChI=1S/C26H27FN4O2/c1-3-17-4-5-18(22(27)14-17)16-33-19-10-13-31(25(32)15-19)24-7-6-21-20-8-11-28-12-9-23(20)30(2)26(21)29-24/h4-7,10,13-15,28H,3,8-9,11-12,16H2,1-2H3. The van der Waals surface area contributed by atoms with Gasteiger partial charge in [0.2, 0.25) is 0 Å². The van der Waals surface area contributed by atoms with E-state index in [1.165, 1.54) is 28.0 Å². The first-order valence-corrected chi connectivity index (χ1v) is 11.4. The Bertz CT molecular complexity index is 1390. The van der Waals surface area contributed by atoms with Crippen molar-refractivity contribution < 1.29 is 9.13 Å². The molecule has 0 spiro atoms. The fourth-order valence-electron chi connectivity index (χ4n) is 4.52. The number of aromatic nitrogens is 3. The van der Waals surface area contributed by atoms with Crippen LogP contribution >= 0.6 is 0 Å². The first kappa shape index (κ1) is 21.4. The van der Waals surface area contributed by atoms with Crippen molar-refractivity contribution in [3.8, 4) is 11.6 Å². The predicted molar refractivity (Wildman–Crippen MR) is 127 cm³/mol. The van der Waals surface area contributed by atoms with Crippen LogP contribution in [0.25, 0.3) is 16.9 Å². The maximum atomic E-state index is 14.2. The summed E-state index contributed by atoms with van der Waals surface area (Å²) in [7, 11) is 2.04. The van der Waals surface area contributed by atoms with E-state index in [4.69, 9.17) is 9.72 Å². The molecule has 0 fully saturated rings. The summed E-state index contributed by atoms with van der Waals surface area (Å²) < 4.78 is 23.5. The summed E-state index contributed by atoms with van der Waals surface area (Å²) in [6.45, 7) is 3.96. The van der Waals surface area contributed by atoms with E-state index >= 15 is 0 Å². The Kier molecular flexibility index (Phi) is 5.72. The van der Waals surface area contributed by atoms with Gasteiger partial charge < -0.3 is 14.6 Å². The van der Waals surface area contributed by atoms with Crippen molar-refractivity contribution in [1.82, 2.24) is 19.4 Å². The Balaban J connectivity index is 1.40. The molecule has 0 unspecified atom stereocenters. The van der Waals surface area contributed by atoms with E-state index in [9.17, 15) is 9.18 Å². The minimum atomic E-state index is -0.294. The second-order valence-corrected chi connectivity index (χ2v) is 8.41. The highest BCUT2D eigenvalue weighted by atomic mass is 19.1. The van der Waals surface area contributed by atoms with Gasteiger partial charge in [-0.1, -0.05) is 19.1 Å². The lowest BCUT2D eigenvalue weighted by molar-refractivity contribution is 0.299. The van der Waals surface area contributed by atoms with E-state index in [1.54, 1.807) is 18.3 Å². The van der Waals surface area contributed by atoms with Crippen LogP contribution < -0.4 is 15.6 Å². The van der Waals surface area contributed by atoms with Crippen molar-refractivity contribution in [2.24, 2.45) is 7.05 Å². The SMILES string of the molecule is CCc1ccc(COc2ccn(-c3ccc4c5c(n(C)c4n3)CCNCC5)c(=O)c2)c(F)c1. The Hall–Kier alpha value is -3.45. The van der Waals surface area contributed by atoms with Gasteiger partial charge in [-0.3, -0.25) is 9.36 Å². The van der Waals surface area contributed by atoms with Gasteiger partial charge in [-0.05, 0) is 54.8 Å². The summed E-state index contributed by atoms with van der Waals surface area (Å²) in [5.41, 5.74) is 4.68. The number of hydrogen-bond acceptors (Lipinski definition) is 4. The van der Waals surface area contributed by atoms with E-state index in [1.807, 2.05) is 26.1 Å². The molecule has 4 heterocycles. The summed E-state index contributed by atoms with van der Waals surface area (Å²) in [4.78, 5) is 17.6. The zero-order valence-corrected chi connectivity index (χ0v) is 18.9.